The average Bonchev–Trinajstić information content (AvgIpc) is 3.63. The van der Waals surface area contributed by atoms with Gasteiger partial charge in [-0.3, -0.25) is 9.59 Å². The van der Waals surface area contributed by atoms with Crippen molar-refractivity contribution in [2.75, 3.05) is 13.1 Å². The highest BCUT2D eigenvalue weighted by Crippen LogP contribution is 2.32. The molecule has 0 bridgehead atoms. The molecule has 0 aliphatic carbocycles. The zero-order valence-corrected chi connectivity index (χ0v) is 27.7. The van der Waals surface area contributed by atoms with E-state index in [1.807, 2.05) is 54.6 Å². The quantitative estimate of drug-likeness (QED) is 0.225. The van der Waals surface area contributed by atoms with Crippen LogP contribution in [0.4, 0.5) is 9.18 Å². The smallest absolute Gasteiger partial charge is 0.334 e. The highest BCUT2D eigenvalue weighted by molar-refractivity contribution is 7.16. The van der Waals surface area contributed by atoms with Crippen LogP contribution in [0, 0.1) is 18.2 Å². The summed E-state index contributed by atoms with van der Waals surface area (Å²) in [6, 6.07) is 24.9. The SMILES string of the molecule is C#Cc1ccc(CN2CC(=O)N3[C@@H](Cc4ccc(O)cc4)C(=O)N(Cc4ccc(F)c5scnc45)C[C@@H]3N2C(=O)NCc2ccccc2)cc1. The number of benzene rings is 4. The van der Waals surface area contributed by atoms with Crippen LogP contribution in [-0.4, -0.2) is 73.1 Å². The lowest BCUT2D eigenvalue weighted by Gasteiger charge is -2.55. The number of urea groups is 1. The van der Waals surface area contributed by atoms with Crippen LogP contribution in [0.15, 0.2) is 96.5 Å². The number of nitrogens with zero attached hydrogens (tertiary/aromatic N) is 5. The van der Waals surface area contributed by atoms with Crippen LogP contribution in [0.2, 0.25) is 0 Å². The Morgan fingerprint density at radius 3 is 2.44 bits per heavy atom. The number of fused-ring (bicyclic) bond motifs is 2. The van der Waals surface area contributed by atoms with Crippen LogP contribution in [0.3, 0.4) is 0 Å². The molecule has 7 rings (SSSR count). The second-order valence-electron chi connectivity index (χ2n) is 12.3. The monoisotopic (exact) mass is 688 g/mol. The highest BCUT2D eigenvalue weighted by Gasteiger charge is 2.51. The lowest BCUT2D eigenvalue weighted by atomic mass is 9.98. The second-order valence-corrected chi connectivity index (χ2v) is 13.1. The molecule has 2 saturated heterocycles. The number of carbonyl (C=O) groups is 3. The Hall–Kier alpha value is -5.77. The molecule has 2 atom stereocenters. The molecule has 4 aromatic carbocycles. The van der Waals surface area contributed by atoms with E-state index in [0.717, 1.165) is 16.7 Å². The number of aromatic nitrogens is 1. The maximum Gasteiger partial charge on any atom is 0.334 e. The summed E-state index contributed by atoms with van der Waals surface area (Å²) in [5.41, 5.74) is 5.87. The summed E-state index contributed by atoms with van der Waals surface area (Å²) >= 11 is 1.18. The van der Waals surface area contributed by atoms with E-state index in [4.69, 9.17) is 6.42 Å². The topological polar surface area (TPSA) is 109 Å². The van der Waals surface area contributed by atoms with Gasteiger partial charge in [0, 0.05) is 31.6 Å². The standard InChI is InChI=1S/C38H33FN6O4S/c1-2-25-8-10-28(11-9-25)20-43-23-34(47)44-32(18-26-12-15-30(46)16-13-26)37(48)42(21-29-14-17-31(39)36-35(29)41-24-50-36)22-33(44)45(43)38(49)40-19-27-6-4-3-5-7-27/h1,3-17,24,32-33,46H,18-23H2,(H,40,49)/t32-,33-/m0/s1. The largest absolute Gasteiger partial charge is 0.508 e. The molecule has 12 heteroatoms. The molecule has 0 radical (unpaired) electrons. The predicted octanol–water partition coefficient (Wildman–Crippen LogP) is 4.87. The lowest BCUT2D eigenvalue weighted by molar-refractivity contribution is -0.192. The minimum Gasteiger partial charge on any atom is -0.508 e. The van der Waals surface area contributed by atoms with Crippen LogP contribution < -0.4 is 5.32 Å². The highest BCUT2D eigenvalue weighted by atomic mass is 32.1. The van der Waals surface area contributed by atoms with Crippen LogP contribution in [0.1, 0.15) is 27.8 Å². The van der Waals surface area contributed by atoms with Crippen molar-refractivity contribution in [2.24, 2.45) is 0 Å². The van der Waals surface area contributed by atoms with Gasteiger partial charge in [-0.05, 0) is 52.6 Å². The first-order valence-electron chi connectivity index (χ1n) is 16.1. The Labute approximate surface area is 292 Å². The molecule has 0 saturated carbocycles. The zero-order chi connectivity index (χ0) is 34.8. The summed E-state index contributed by atoms with van der Waals surface area (Å²) in [6.45, 7) is 0.428. The number of phenols is 1. The Balaban J connectivity index is 1.27. The van der Waals surface area contributed by atoms with Gasteiger partial charge in [0.1, 0.15) is 23.8 Å². The van der Waals surface area contributed by atoms with E-state index in [-0.39, 0.29) is 56.7 Å². The van der Waals surface area contributed by atoms with Crippen molar-refractivity contribution in [3.63, 3.8) is 0 Å². The Morgan fingerprint density at radius 2 is 1.70 bits per heavy atom. The van der Waals surface area contributed by atoms with E-state index in [1.54, 1.807) is 38.6 Å². The number of thiazole rings is 1. The van der Waals surface area contributed by atoms with E-state index < -0.39 is 24.1 Å². The number of hydrazine groups is 1. The molecule has 5 aromatic rings. The van der Waals surface area contributed by atoms with E-state index in [2.05, 4.69) is 16.2 Å². The van der Waals surface area contributed by atoms with Crippen molar-refractivity contribution in [1.82, 2.24) is 30.1 Å². The molecule has 0 unspecified atom stereocenters. The summed E-state index contributed by atoms with van der Waals surface area (Å²) in [4.78, 5) is 50.4. The van der Waals surface area contributed by atoms with E-state index >= 15 is 0 Å². The molecule has 2 fully saturated rings. The van der Waals surface area contributed by atoms with E-state index in [9.17, 15) is 23.9 Å². The fraction of sp³-hybridized carbons (Fsp3) is 0.211. The van der Waals surface area contributed by atoms with Gasteiger partial charge in [-0.1, -0.05) is 66.6 Å². The van der Waals surface area contributed by atoms with E-state index in [0.29, 0.717) is 21.3 Å². The van der Waals surface area contributed by atoms with Crippen molar-refractivity contribution in [3.05, 3.63) is 130 Å². The number of amides is 4. The number of rotatable bonds is 8. The summed E-state index contributed by atoms with van der Waals surface area (Å²) in [5.74, 6) is 1.68. The minimum atomic E-state index is -0.960. The lowest BCUT2D eigenvalue weighted by Crippen LogP contribution is -2.76. The predicted molar refractivity (Wildman–Crippen MR) is 187 cm³/mol. The van der Waals surface area contributed by atoms with Crippen LogP contribution in [0.5, 0.6) is 5.75 Å². The van der Waals surface area contributed by atoms with E-state index in [1.165, 1.54) is 34.4 Å². The van der Waals surface area contributed by atoms with Crippen molar-refractivity contribution in [3.8, 4) is 18.1 Å². The number of aromatic hydroxyl groups is 1. The number of piperazine rings is 1. The van der Waals surface area contributed by atoms with Crippen molar-refractivity contribution in [1.29, 1.82) is 0 Å². The summed E-state index contributed by atoms with van der Waals surface area (Å²) in [6.07, 6.45) is 4.85. The third-order valence-corrected chi connectivity index (χ3v) is 9.89. The van der Waals surface area contributed by atoms with Gasteiger partial charge in [0.05, 0.1) is 28.8 Å². The number of nitrogens with one attached hydrogen (secondary N) is 1. The number of carbonyl (C=O) groups excluding carboxylic acids is 3. The molecule has 10 nitrogen and oxygen atoms in total. The number of terminal acetylenes is 1. The first kappa shape index (κ1) is 32.8. The zero-order valence-electron chi connectivity index (χ0n) is 26.9. The molecule has 50 heavy (non-hydrogen) atoms. The first-order valence-corrected chi connectivity index (χ1v) is 17.0. The van der Waals surface area contributed by atoms with Crippen molar-refractivity contribution >= 4 is 39.4 Å². The fourth-order valence-electron chi connectivity index (χ4n) is 6.61. The van der Waals surface area contributed by atoms with Crippen LogP contribution in [-0.2, 0) is 35.6 Å². The van der Waals surface area contributed by atoms with Gasteiger partial charge in [0.25, 0.3) is 0 Å². The summed E-state index contributed by atoms with van der Waals surface area (Å²) < 4.78 is 15.0. The number of hydrogen-bond donors (Lipinski definition) is 2. The molecule has 3 heterocycles. The molecule has 0 spiro atoms. The van der Waals surface area contributed by atoms with Gasteiger partial charge < -0.3 is 20.2 Å². The van der Waals surface area contributed by atoms with Gasteiger partial charge in [-0.25, -0.2) is 24.2 Å². The molecular weight excluding hydrogens is 656 g/mol. The molecule has 1 aromatic heterocycles. The molecule has 252 valence electrons. The maximum absolute atomic E-state index is 14.6. The molecule has 4 amide bonds. The molecule has 2 aliphatic heterocycles. The number of phenolic OH excluding ortho intramolecular Hbond substituents is 1. The van der Waals surface area contributed by atoms with Crippen molar-refractivity contribution in [2.45, 2.75) is 38.3 Å². The Kier molecular flexibility index (Phi) is 9.17. The Bertz CT molecular complexity index is 2080. The average molecular weight is 689 g/mol. The van der Waals surface area contributed by atoms with Crippen LogP contribution in [0.25, 0.3) is 10.2 Å². The maximum atomic E-state index is 14.6. The minimum absolute atomic E-state index is 0.00491. The second kappa shape index (κ2) is 14.0. The van der Waals surface area contributed by atoms with Gasteiger partial charge >= 0.3 is 6.03 Å². The summed E-state index contributed by atoms with van der Waals surface area (Å²) in [7, 11) is 0. The summed E-state index contributed by atoms with van der Waals surface area (Å²) in [5, 5.41) is 16.2. The van der Waals surface area contributed by atoms with Gasteiger partial charge in [0.15, 0.2) is 0 Å². The number of hydrogen-bond acceptors (Lipinski definition) is 7. The van der Waals surface area contributed by atoms with Crippen LogP contribution >= 0.6 is 11.3 Å². The normalized spacial score (nSPS) is 17.9. The third-order valence-electron chi connectivity index (χ3n) is 9.06. The van der Waals surface area contributed by atoms with Gasteiger partial charge in [0.2, 0.25) is 11.8 Å². The number of halogens is 1. The fourth-order valence-corrected chi connectivity index (χ4v) is 7.35. The third kappa shape index (κ3) is 6.61. The van der Waals surface area contributed by atoms with Crippen molar-refractivity contribution < 1.29 is 23.9 Å². The first-order chi connectivity index (χ1) is 24.3. The molecular formula is C38H33FN6O4S. The van der Waals surface area contributed by atoms with Gasteiger partial charge in [-0.2, -0.15) is 0 Å². The molecule has 2 aliphatic rings. The Morgan fingerprint density at radius 1 is 0.960 bits per heavy atom. The molecule has 2 N–H and O–H groups in total. The van der Waals surface area contributed by atoms with Gasteiger partial charge in [-0.15, -0.1) is 17.8 Å².